The third kappa shape index (κ3) is 6.01. The number of carbonyl (C=O) groups excluding carboxylic acids is 1. The van der Waals surface area contributed by atoms with Crippen molar-refractivity contribution in [3.63, 3.8) is 0 Å². The zero-order chi connectivity index (χ0) is 18.4. The highest BCUT2D eigenvalue weighted by molar-refractivity contribution is 7.99. The third-order valence-corrected chi connectivity index (χ3v) is 4.53. The van der Waals surface area contributed by atoms with E-state index in [-0.39, 0.29) is 12.3 Å². The number of hydrogen-bond donors (Lipinski definition) is 1. The maximum absolute atomic E-state index is 12.4. The van der Waals surface area contributed by atoms with Gasteiger partial charge in [0.25, 0.3) is 0 Å². The van der Waals surface area contributed by atoms with Gasteiger partial charge in [-0.15, -0.1) is 11.8 Å². The summed E-state index contributed by atoms with van der Waals surface area (Å²) in [4.78, 5) is 12.6. The van der Waals surface area contributed by atoms with Gasteiger partial charge in [0.2, 0.25) is 5.91 Å². The Labute approximate surface area is 148 Å². The van der Waals surface area contributed by atoms with Gasteiger partial charge in [-0.05, 0) is 36.2 Å². The molecule has 0 heterocycles. The predicted molar refractivity (Wildman–Crippen MR) is 93.3 cm³/mol. The molecule has 0 spiro atoms. The first kappa shape index (κ1) is 19.2. The number of amides is 1. The Balaban J connectivity index is 2.05. The van der Waals surface area contributed by atoms with Crippen molar-refractivity contribution in [2.45, 2.75) is 24.4 Å². The number of carbonyl (C=O) groups is 1. The van der Waals surface area contributed by atoms with Gasteiger partial charge in [-0.25, -0.2) is 0 Å². The SMILES string of the molecule is COc1cc(CC(=O)Nc2ccccc2SCC(F)(F)F)ccc1C. The van der Waals surface area contributed by atoms with Crippen molar-refractivity contribution in [3.8, 4) is 5.75 Å². The monoisotopic (exact) mass is 369 g/mol. The minimum Gasteiger partial charge on any atom is -0.496 e. The van der Waals surface area contributed by atoms with Crippen molar-refractivity contribution in [1.29, 1.82) is 0 Å². The summed E-state index contributed by atoms with van der Waals surface area (Å²) >= 11 is 0.651. The van der Waals surface area contributed by atoms with E-state index in [1.54, 1.807) is 37.4 Å². The summed E-state index contributed by atoms with van der Waals surface area (Å²) in [6.07, 6.45) is -4.16. The molecule has 0 aromatic heterocycles. The van der Waals surface area contributed by atoms with Crippen LogP contribution in [0.3, 0.4) is 0 Å². The summed E-state index contributed by atoms with van der Waals surface area (Å²) in [6, 6.07) is 11.9. The van der Waals surface area contributed by atoms with E-state index in [0.717, 1.165) is 11.1 Å². The quantitative estimate of drug-likeness (QED) is 0.741. The smallest absolute Gasteiger partial charge is 0.398 e. The van der Waals surface area contributed by atoms with Crippen molar-refractivity contribution in [1.82, 2.24) is 0 Å². The molecule has 25 heavy (non-hydrogen) atoms. The number of nitrogens with one attached hydrogen (secondary N) is 1. The van der Waals surface area contributed by atoms with Crippen molar-refractivity contribution in [2.24, 2.45) is 0 Å². The van der Waals surface area contributed by atoms with Crippen molar-refractivity contribution >= 4 is 23.4 Å². The average Bonchev–Trinajstić information content (AvgIpc) is 2.55. The van der Waals surface area contributed by atoms with E-state index in [0.29, 0.717) is 28.1 Å². The Hall–Kier alpha value is -2.15. The summed E-state index contributed by atoms with van der Waals surface area (Å²) in [5.41, 5.74) is 2.10. The van der Waals surface area contributed by atoms with E-state index >= 15 is 0 Å². The number of para-hydroxylation sites is 1. The van der Waals surface area contributed by atoms with Crippen LogP contribution in [0.25, 0.3) is 0 Å². The zero-order valence-corrected chi connectivity index (χ0v) is 14.6. The molecule has 0 atom stereocenters. The van der Waals surface area contributed by atoms with E-state index in [1.165, 1.54) is 0 Å². The summed E-state index contributed by atoms with van der Waals surface area (Å²) in [5.74, 6) is -0.618. The number of ether oxygens (including phenoxy) is 1. The van der Waals surface area contributed by atoms with Gasteiger partial charge in [0.15, 0.2) is 0 Å². The molecular formula is C18H18F3NO2S. The van der Waals surface area contributed by atoms with Crippen LogP contribution in [0, 0.1) is 6.92 Å². The number of aryl methyl sites for hydroxylation is 1. The molecule has 1 amide bonds. The fourth-order valence-corrected chi connectivity index (χ4v) is 2.98. The maximum atomic E-state index is 12.4. The van der Waals surface area contributed by atoms with Crippen LogP contribution < -0.4 is 10.1 Å². The molecule has 3 nitrogen and oxygen atoms in total. The van der Waals surface area contributed by atoms with E-state index in [9.17, 15) is 18.0 Å². The molecule has 0 aliphatic heterocycles. The molecule has 0 bridgehead atoms. The Kier molecular flexibility index (Phi) is 6.36. The largest absolute Gasteiger partial charge is 0.496 e. The van der Waals surface area contributed by atoms with Crippen LogP contribution in [0.1, 0.15) is 11.1 Å². The minimum atomic E-state index is -4.26. The molecule has 2 rings (SSSR count). The maximum Gasteiger partial charge on any atom is 0.398 e. The molecule has 0 saturated heterocycles. The number of alkyl halides is 3. The predicted octanol–water partition coefficient (Wildman–Crippen LogP) is 4.84. The Morgan fingerprint density at radius 1 is 1.20 bits per heavy atom. The van der Waals surface area contributed by atoms with E-state index in [1.807, 2.05) is 19.1 Å². The number of hydrogen-bond acceptors (Lipinski definition) is 3. The number of halogens is 3. The number of benzene rings is 2. The molecule has 0 radical (unpaired) electrons. The number of rotatable bonds is 6. The lowest BCUT2D eigenvalue weighted by molar-refractivity contribution is -0.115. The number of methoxy groups -OCH3 is 1. The van der Waals surface area contributed by atoms with Gasteiger partial charge in [0.05, 0.1) is 25.0 Å². The van der Waals surface area contributed by atoms with Crippen molar-refractivity contribution in [3.05, 3.63) is 53.6 Å². The van der Waals surface area contributed by atoms with Gasteiger partial charge in [-0.1, -0.05) is 24.3 Å². The first-order valence-electron chi connectivity index (χ1n) is 7.50. The molecule has 0 unspecified atom stereocenters. The topological polar surface area (TPSA) is 38.3 Å². The summed E-state index contributed by atoms with van der Waals surface area (Å²) in [5, 5.41) is 2.68. The average molecular weight is 369 g/mol. The van der Waals surface area contributed by atoms with Crippen LogP contribution in [-0.2, 0) is 11.2 Å². The first-order valence-corrected chi connectivity index (χ1v) is 8.49. The van der Waals surface area contributed by atoms with Crippen LogP contribution >= 0.6 is 11.8 Å². The third-order valence-electron chi connectivity index (χ3n) is 3.39. The summed E-state index contributed by atoms with van der Waals surface area (Å²) in [7, 11) is 1.56. The van der Waals surface area contributed by atoms with Crippen LogP contribution in [0.2, 0.25) is 0 Å². The Morgan fingerprint density at radius 3 is 2.60 bits per heavy atom. The molecule has 2 aromatic carbocycles. The van der Waals surface area contributed by atoms with E-state index < -0.39 is 11.9 Å². The zero-order valence-electron chi connectivity index (χ0n) is 13.8. The molecule has 0 aliphatic rings. The highest BCUT2D eigenvalue weighted by Crippen LogP contribution is 2.32. The standard InChI is InChI=1S/C18H18F3NO2S/c1-12-7-8-13(9-15(12)24-2)10-17(23)22-14-5-3-4-6-16(14)25-11-18(19,20)21/h3-9H,10-11H2,1-2H3,(H,22,23). The lowest BCUT2D eigenvalue weighted by Gasteiger charge is -2.12. The van der Waals surface area contributed by atoms with Crippen LogP contribution in [0.15, 0.2) is 47.4 Å². The normalized spacial score (nSPS) is 11.2. The molecule has 1 N–H and O–H groups in total. The molecule has 0 saturated carbocycles. The molecule has 134 valence electrons. The number of anilines is 1. The van der Waals surface area contributed by atoms with Gasteiger partial charge >= 0.3 is 6.18 Å². The molecule has 0 fully saturated rings. The van der Waals surface area contributed by atoms with Gasteiger partial charge in [0.1, 0.15) is 5.75 Å². The van der Waals surface area contributed by atoms with Crippen LogP contribution in [-0.4, -0.2) is 24.9 Å². The lowest BCUT2D eigenvalue weighted by atomic mass is 10.1. The second kappa shape index (κ2) is 8.29. The first-order chi connectivity index (χ1) is 11.8. The molecule has 2 aromatic rings. The van der Waals surface area contributed by atoms with Gasteiger partial charge < -0.3 is 10.1 Å². The molecular weight excluding hydrogens is 351 g/mol. The van der Waals surface area contributed by atoms with Crippen molar-refractivity contribution in [2.75, 3.05) is 18.2 Å². The fraction of sp³-hybridized carbons (Fsp3) is 0.278. The minimum absolute atomic E-state index is 0.106. The fourth-order valence-electron chi connectivity index (χ4n) is 2.21. The van der Waals surface area contributed by atoms with Gasteiger partial charge in [-0.2, -0.15) is 13.2 Å². The number of thioether (sulfide) groups is 1. The van der Waals surface area contributed by atoms with Gasteiger partial charge in [-0.3, -0.25) is 4.79 Å². The molecule has 7 heteroatoms. The summed E-state index contributed by atoms with van der Waals surface area (Å²) < 4.78 is 42.4. The van der Waals surface area contributed by atoms with E-state index in [4.69, 9.17) is 4.74 Å². The van der Waals surface area contributed by atoms with Crippen LogP contribution in [0.5, 0.6) is 5.75 Å². The summed E-state index contributed by atoms with van der Waals surface area (Å²) in [6.45, 7) is 1.90. The Morgan fingerprint density at radius 2 is 1.92 bits per heavy atom. The highest BCUT2D eigenvalue weighted by atomic mass is 32.2. The second-order valence-corrected chi connectivity index (χ2v) is 6.45. The second-order valence-electron chi connectivity index (χ2n) is 5.43. The van der Waals surface area contributed by atoms with E-state index in [2.05, 4.69) is 5.32 Å². The van der Waals surface area contributed by atoms with Crippen LogP contribution in [0.4, 0.5) is 18.9 Å². The highest BCUT2D eigenvalue weighted by Gasteiger charge is 2.27. The Bertz CT molecular complexity index is 747. The lowest BCUT2D eigenvalue weighted by Crippen LogP contribution is -2.15. The molecule has 0 aliphatic carbocycles. The van der Waals surface area contributed by atoms with Gasteiger partial charge in [0, 0.05) is 4.90 Å². The van der Waals surface area contributed by atoms with Crippen molar-refractivity contribution < 1.29 is 22.7 Å².